The van der Waals surface area contributed by atoms with E-state index in [-0.39, 0.29) is 18.6 Å². The number of benzene rings is 1. The third-order valence-corrected chi connectivity index (χ3v) is 5.74. The molecule has 1 aliphatic heterocycles. The van der Waals surface area contributed by atoms with Gasteiger partial charge in [-0.2, -0.15) is 0 Å². The number of ether oxygens (including phenoxy) is 2. The van der Waals surface area contributed by atoms with Gasteiger partial charge in [-0.05, 0) is 44.9 Å². The molecule has 154 valence electrons. The van der Waals surface area contributed by atoms with E-state index in [0.29, 0.717) is 42.2 Å². The second kappa shape index (κ2) is 9.09. The molecule has 1 aromatic heterocycles. The maximum absolute atomic E-state index is 12.7. The summed E-state index contributed by atoms with van der Waals surface area (Å²) in [5.74, 6) is -0.759. The van der Waals surface area contributed by atoms with Crippen molar-refractivity contribution in [1.29, 1.82) is 0 Å². The van der Waals surface area contributed by atoms with Crippen LogP contribution < -0.4 is 5.32 Å². The number of anilines is 1. The largest absolute Gasteiger partial charge is 0.462 e. The summed E-state index contributed by atoms with van der Waals surface area (Å²) in [6.07, 6.45) is 0.119. The van der Waals surface area contributed by atoms with Crippen molar-refractivity contribution >= 4 is 34.3 Å². The number of carbonyl (C=O) groups is 3. The Kier molecular flexibility index (Phi) is 6.53. The Morgan fingerprint density at radius 2 is 1.79 bits per heavy atom. The second-order valence-electron chi connectivity index (χ2n) is 6.62. The summed E-state index contributed by atoms with van der Waals surface area (Å²) in [5.41, 5.74) is 2.77. The highest BCUT2D eigenvalue weighted by Crippen LogP contribution is 2.38. The standard InChI is InChI=1S/C21H24N2O5S/c1-4-27-20(25)17-15-10-11-23(21(26)28-5-2)12-16(15)29-19(17)22-18(24)14-8-6-13(3)7-9-14/h6-9H,4-5,10-12H2,1-3H3,(H,22,24). The minimum absolute atomic E-state index is 0.240. The minimum atomic E-state index is -0.464. The van der Waals surface area contributed by atoms with Crippen molar-refractivity contribution < 1.29 is 23.9 Å². The fraction of sp³-hybridized carbons (Fsp3) is 0.381. The quantitative estimate of drug-likeness (QED) is 0.745. The number of hydrogen-bond acceptors (Lipinski definition) is 6. The van der Waals surface area contributed by atoms with Gasteiger partial charge < -0.3 is 19.7 Å². The molecule has 3 rings (SSSR count). The molecule has 1 aromatic carbocycles. The number of fused-ring (bicyclic) bond motifs is 1. The fourth-order valence-electron chi connectivity index (χ4n) is 3.16. The van der Waals surface area contributed by atoms with Crippen LogP contribution in [-0.4, -0.2) is 42.6 Å². The van der Waals surface area contributed by atoms with Crippen LogP contribution in [0.2, 0.25) is 0 Å². The first-order valence-electron chi connectivity index (χ1n) is 9.55. The molecule has 0 saturated heterocycles. The van der Waals surface area contributed by atoms with Crippen molar-refractivity contribution in [2.24, 2.45) is 0 Å². The fourth-order valence-corrected chi connectivity index (χ4v) is 4.41. The summed E-state index contributed by atoms with van der Waals surface area (Å²) < 4.78 is 10.3. The van der Waals surface area contributed by atoms with Crippen LogP contribution in [0.4, 0.5) is 9.80 Å². The number of nitrogens with zero attached hydrogens (tertiary/aromatic N) is 1. The van der Waals surface area contributed by atoms with Gasteiger partial charge in [-0.3, -0.25) is 4.79 Å². The molecule has 0 unspecified atom stereocenters. The Hall–Kier alpha value is -2.87. The molecular weight excluding hydrogens is 392 g/mol. The van der Waals surface area contributed by atoms with Gasteiger partial charge in [-0.15, -0.1) is 11.3 Å². The van der Waals surface area contributed by atoms with Gasteiger partial charge in [0.2, 0.25) is 0 Å². The van der Waals surface area contributed by atoms with Crippen LogP contribution in [0.25, 0.3) is 0 Å². The zero-order chi connectivity index (χ0) is 21.0. The lowest BCUT2D eigenvalue weighted by Crippen LogP contribution is -2.36. The third-order valence-electron chi connectivity index (χ3n) is 4.60. The zero-order valence-corrected chi connectivity index (χ0v) is 17.6. The Labute approximate surface area is 173 Å². The summed E-state index contributed by atoms with van der Waals surface area (Å²) in [6, 6.07) is 7.20. The van der Waals surface area contributed by atoms with Crippen molar-refractivity contribution in [3.63, 3.8) is 0 Å². The van der Waals surface area contributed by atoms with Gasteiger partial charge in [-0.1, -0.05) is 17.7 Å². The van der Waals surface area contributed by atoms with Gasteiger partial charge in [0.05, 0.1) is 25.3 Å². The number of nitrogens with one attached hydrogen (secondary N) is 1. The SMILES string of the molecule is CCOC(=O)c1c(NC(=O)c2ccc(C)cc2)sc2c1CCN(C(=O)OCC)C2. The molecule has 0 spiro atoms. The second-order valence-corrected chi connectivity index (χ2v) is 7.72. The molecular formula is C21H24N2O5S. The van der Waals surface area contributed by atoms with Crippen molar-refractivity contribution in [3.05, 3.63) is 51.4 Å². The molecule has 0 fully saturated rings. The number of thiophene rings is 1. The van der Waals surface area contributed by atoms with Gasteiger partial charge in [0.15, 0.2) is 0 Å². The van der Waals surface area contributed by atoms with E-state index in [1.165, 1.54) is 11.3 Å². The highest BCUT2D eigenvalue weighted by atomic mass is 32.1. The topological polar surface area (TPSA) is 84.9 Å². The molecule has 29 heavy (non-hydrogen) atoms. The van der Waals surface area contributed by atoms with Crippen molar-refractivity contribution in [3.8, 4) is 0 Å². The average molecular weight is 416 g/mol. The van der Waals surface area contributed by atoms with E-state index in [9.17, 15) is 14.4 Å². The number of rotatable bonds is 5. The molecule has 0 aliphatic carbocycles. The maximum Gasteiger partial charge on any atom is 0.410 e. The number of carbonyl (C=O) groups excluding carboxylic acids is 3. The van der Waals surface area contributed by atoms with Crippen LogP contribution in [0, 0.1) is 6.92 Å². The highest BCUT2D eigenvalue weighted by Gasteiger charge is 2.31. The smallest absolute Gasteiger partial charge is 0.410 e. The van der Waals surface area contributed by atoms with E-state index in [4.69, 9.17) is 9.47 Å². The molecule has 7 nitrogen and oxygen atoms in total. The van der Waals surface area contributed by atoms with Crippen LogP contribution >= 0.6 is 11.3 Å². The Balaban J connectivity index is 1.90. The normalized spacial score (nSPS) is 12.9. The highest BCUT2D eigenvalue weighted by molar-refractivity contribution is 7.17. The first kappa shape index (κ1) is 20.9. The summed E-state index contributed by atoms with van der Waals surface area (Å²) in [6.45, 7) is 6.77. The lowest BCUT2D eigenvalue weighted by Gasteiger charge is -2.26. The first-order chi connectivity index (χ1) is 13.9. The summed E-state index contributed by atoms with van der Waals surface area (Å²) >= 11 is 1.30. The third kappa shape index (κ3) is 4.59. The molecule has 0 bridgehead atoms. The Bertz CT molecular complexity index is 920. The molecule has 2 heterocycles. The van der Waals surface area contributed by atoms with E-state index in [0.717, 1.165) is 16.0 Å². The monoisotopic (exact) mass is 416 g/mol. The summed E-state index contributed by atoms with van der Waals surface area (Å²) in [7, 11) is 0. The summed E-state index contributed by atoms with van der Waals surface area (Å²) in [5, 5.41) is 3.30. The zero-order valence-electron chi connectivity index (χ0n) is 16.7. The van der Waals surface area contributed by atoms with Crippen LogP contribution in [0.5, 0.6) is 0 Å². The lowest BCUT2D eigenvalue weighted by molar-refractivity contribution is 0.0526. The van der Waals surface area contributed by atoms with E-state index in [2.05, 4.69) is 5.32 Å². The van der Waals surface area contributed by atoms with Crippen LogP contribution in [0.1, 0.15) is 50.6 Å². The molecule has 1 aliphatic rings. The minimum Gasteiger partial charge on any atom is -0.462 e. The first-order valence-corrected chi connectivity index (χ1v) is 10.4. The van der Waals surface area contributed by atoms with Crippen LogP contribution in [0.15, 0.2) is 24.3 Å². The molecule has 0 saturated carbocycles. The number of aryl methyl sites for hydroxylation is 1. The predicted molar refractivity (Wildman–Crippen MR) is 111 cm³/mol. The van der Waals surface area contributed by atoms with Gasteiger partial charge in [0, 0.05) is 17.0 Å². The average Bonchev–Trinajstić information content (AvgIpc) is 3.05. The van der Waals surface area contributed by atoms with Crippen molar-refractivity contribution in [2.45, 2.75) is 33.7 Å². The van der Waals surface area contributed by atoms with E-state index in [1.807, 2.05) is 19.1 Å². The van der Waals surface area contributed by atoms with Gasteiger partial charge in [0.25, 0.3) is 5.91 Å². The van der Waals surface area contributed by atoms with Crippen LogP contribution in [-0.2, 0) is 22.4 Å². The molecule has 0 atom stereocenters. The maximum atomic E-state index is 12.7. The van der Waals surface area contributed by atoms with E-state index in [1.54, 1.807) is 30.9 Å². The predicted octanol–water partition coefficient (Wildman–Crippen LogP) is 4.00. The van der Waals surface area contributed by atoms with E-state index >= 15 is 0 Å². The molecule has 1 N–H and O–H groups in total. The van der Waals surface area contributed by atoms with E-state index < -0.39 is 5.97 Å². The molecule has 2 aromatic rings. The number of amides is 2. The number of hydrogen-bond donors (Lipinski definition) is 1. The summed E-state index contributed by atoms with van der Waals surface area (Å²) in [4.78, 5) is 39.8. The molecule has 8 heteroatoms. The Morgan fingerprint density at radius 1 is 1.10 bits per heavy atom. The van der Waals surface area contributed by atoms with Crippen LogP contribution in [0.3, 0.4) is 0 Å². The molecule has 0 radical (unpaired) electrons. The van der Waals surface area contributed by atoms with Gasteiger partial charge >= 0.3 is 12.1 Å². The lowest BCUT2D eigenvalue weighted by atomic mass is 10.0. The Morgan fingerprint density at radius 3 is 2.45 bits per heavy atom. The molecule has 2 amide bonds. The number of esters is 1. The van der Waals surface area contributed by atoms with Crippen molar-refractivity contribution in [2.75, 3.05) is 25.1 Å². The van der Waals surface area contributed by atoms with Crippen molar-refractivity contribution in [1.82, 2.24) is 4.90 Å². The van der Waals surface area contributed by atoms with Gasteiger partial charge in [0.1, 0.15) is 5.00 Å². The van der Waals surface area contributed by atoms with Gasteiger partial charge in [-0.25, -0.2) is 9.59 Å².